The number of nitrogens with zero attached hydrogens (tertiary/aromatic N) is 1. The fraction of sp³-hybridized carbons (Fsp3) is 0.364. The maximum Gasteiger partial charge on any atom is 0.313 e. The number of Topliss-reactive ketones (excluding diaryl/α,β-unsaturated/α-hetero) is 1. The van der Waals surface area contributed by atoms with E-state index >= 15 is 0 Å². The summed E-state index contributed by atoms with van der Waals surface area (Å²) in [5.41, 5.74) is -0.636. The third-order valence-electron chi connectivity index (χ3n) is 5.92. The number of hydrogen-bond donors (Lipinski definition) is 0. The van der Waals surface area contributed by atoms with Crippen molar-refractivity contribution in [2.75, 3.05) is 14.2 Å². The van der Waals surface area contributed by atoms with Gasteiger partial charge in [-0.05, 0) is 24.1 Å². The zero-order valence-electron chi connectivity index (χ0n) is 16.4. The van der Waals surface area contributed by atoms with E-state index in [9.17, 15) is 14.4 Å². The topological polar surface area (TPSA) is 91.8 Å². The number of pyridine rings is 1. The van der Waals surface area contributed by atoms with Crippen molar-refractivity contribution in [1.82, 2.24) is 4.98 Å². The Bertz CT molecular complexity index is 990. The average molecular weight is 395 g/mol. The molecule has 2 aliphatic heterocycles. The number of ether oxygens (including phenoxy) is 3. The fourth-order valence-corrected chi connectivity index (χ4v) is 4.99. The molecule has 0 radical (unpaired) electrons. The number of benzene rings is 1. The van der Waals surface area contributed by atoms with Crippen molar-refractivity contribution in [2.24, 2.45) is 11.8 Å². The average Bonchev–Trinajstić information content (AvgIpc) is 3.20. The molecule has 7 nitrogen and oxygen atoms in total. The number of hydrogen-bond acceptors (Lipinski definition) is 7. The molecule has 0 N–H and O–H groups in total. The Balaban J connectivity index is 2.09. The van der Waals surface area contributed by atoms with Crippen molar-refractivity contribution in [2.45, 2.75) is 24.5 Å². The van der Waals surface area contributed by atoms with Gasteiger partial charge in [-0.2, -0.15) is 0 Å². The third kappa shape index (κ3) is 2.47. The summed E-state index contributed by atoms with van der Waals surface area (Å²) >= 11 is 0. The zero-order valence-corrected chi connectivity index (χ0v) is 16.4. The molecule has 4 rings (SSSR count). The molecule has 2 bridgehead atoms. The number of aromatic nitrogens is 1. The van der Waals surface area contributed by atoms with E-state index in [2.05, 4.69) is 4.98 Å². The van der Waals surface area contributed by atoms with Crippen molar-refractivity contribution in [1.29, 1.82) is 0 Å². The van der Waals surface area contributed by atoms with E-state index in [0.29, 0.717) is 16.7 Å². The van der Waals surface area contributed by atoms with Gasteiger partial charge in [0, 0.05) is 24.4 Å². The molecule has 7 heteroatoms. The van der Waals surface area contributed by atoms with Crippen molar-refractivity contribution >= 4 is 17.7 Å². The maximum atomic E-state index is 13.0. The highest BCUT2D eigenvalue weighted by Gasteiger charge is 2.75. The van der Waals surface area contributed by atoms with Crippen molar-refractivity contribution in [3.8, 4) is 0 Å². The van der Waals surface area contributed by atoms with Gasteiger partial charge in [0.15, 0.2) is 0 Å². The third-order valence-corrected chi connectivity index (χ3v) is 5.92. The van der Waals surface area contributed by atoms with Gasteiger partial charge in [-0.1, -0.05) is 30.3 Å². The molecule has 0 aliphatic carbocycles. The first kappa shape index (κ1) is 19.3. The van der Waals surface area contributed by atoms with E-state index in [-0.39, 0.29) is 12.2 Å². The SMILES string of the molecule is COC(=O)[C@@H]1[C@H](C(=O)OC)[C@]2(c3ccccc3)O[C@@]1(CC(C)=O)c1cnccc12. The minimum Gasteiger partial charge on any atom is -0.469 e. The maximum absolute atomic E-state index is 13.0. The molecule has 3 heterocycles. The van der Waals surface area contributed by atoms with Gasteiger partial charge in [-0.3, -0.25) is 19.4 Å². The van der Waals surface area contributed by atoms with E-state index in [0.717, 1.165) is 0 Å². The van der Waals surface area contributed by atoms with Crippen LogP contribution in [-0.2, 0) is 39.8 Å². The second kappa shape index (κ2) is 6.77. The van der Waals surface area contributed by atoms with Crippen LogP contribution in [-0.4, -0.2) is 36.9 Å². The number of esters is 2. The Morgan fingerprint density at radius 1 is 1.00 bits per heavy atom. The molecule has 150 valence electrons. The van der Waals surface area contributed by atoms with Crippen molar-refractivity contribution in [3.63, 3.8) is 0 Å². The number of fused-ring (bicyclic) bond motifs is 5. The largest absolute Gasteiger partial charge is 0.469 e. The van der Waals surface area contributed by atoms with Crippen LogP contribution in [0.2, 0.25) is 0 Å². The van der Waals surface area contributed by atoms with Gasteiger partial charge in [0.25, 0.3) is 0 Å². The molecule has 2 aromatic rings. The predicted molar refractivity (Wildman–Crippen MR) is 101 cm³/mol. The van der Waals surface area contributed by atoms with Crippen LogP contribution in [0.1, 0.15) is 30.0 Å². The Kier molecular flexibility index (Phi) is 4.50. The van der Waals surface area contributed by atoms with Gasteiger partial charge in [0.1, 0.15) is 28.8 Å². The lowest BCUT2D eigenvalue weighted by molar-refractivity contribution is -0.160. The summed E-state index contributed by atoms with van der Waals surface area (Å²) < 4.78 is 16.8. The lowest BCUT2D eigenvalue weighted by Crippen LogP contribution is -2.48. The summed E-state index contributed by atoms with van der Waals surface area (Å²) in [7, 11) is 2.52. The van der Waals surface area contributed by atoms with Gasteiger partial charge in [0.2, 0.25) is 0 Å². The fourth-order valence-electron chi connectivity index (χ4n) is 4.99. The van der Waals surface area contributed by atoms with E-state index in [1.807, 2.05) is 30.3 Å². The molecule has 1 aromatic heterocycles. The van der Waals surface area contributed by atoms with E-state index < -0.39 is 35.0 Å². The van der Waals surface area contributed by atoms with Crippen LogP contribution in [0.5, 0.6) is 0 Å². The normalized spacial score (nSPS) is 29.2. The Morgan fingerprint density at radius 3 is 2.28 bits per heavy atom. The standard InChI is InChI=1S/C22H21NO6/c1-13(24)11-21-16-12-23-10-9-15(16)22(29-21,14-7-5-4-6-8-14)18(20(26)28-3)17(21)19(25)27-2/h4-10,12,17-18H,11H2,1-3H3/t17-,18+,21-,22+/m0/s1. The Labute approximate surface area is 168 Å². The highest BCUT2D eigenvalue weighted by atomic mass is 16.6. The van der Waals surface area contributed by atoms with Crippen LogP contribution in [0.3, 0.4) is 0 Å². The van der Waals surface area contributed by atoms with Crippen molar-refractivity contribution in [3.05, 3.63) is 65.5 Å². The molecular formula is C22H21NO6. The van der Waals surface area contributed by atoms with E-state index in [1.54, 1.807) is 18.5 Å². The van der Waals surface area contributed by atoms with Crippen LogP contribution in [0.15, 0.2) is 48.8 Å². The quantitative estimate of drug-likeness (QED) is 0.716. The highest BCUT2D eigenvalue weighted by molar-refractivity contribution is 5.90. The summed E-state index contributed by atoms with van der Waals surface area (Å²) in [5.74, 6) is -3.48. The first-order valence-corrected chi connectivity index (χ1v) is 9.28. The lowest BCUT2D eigenvalue weighted by Gasteiger charge is -2.37. The first-order chi connectivity index (χ1) is 13.9. The molecule has 0 amide bonds. The number of carbonyl (C=O) groups is 3. The molecule has 0 unspecified atom stereocenters. The van der Waals surface area contributed by atoms with Crippen molar-refractivity contribution < 1.29 is 28.6 Å². The predicted octanol–water partition coefficient (Wildman–Crippen LogP) is 2.12. The summed E-state index contributed by atoms with van der Waals surface area (Å²) in [5, 5.41) is 0. The minimum atomic E-state index is -1.36. The van der Waals surface area contributed by atoms with Gasteiger partial charge < -0.3 is 14.2 Å². The van der Waals surface area contributed by atoms with Gasteiger partial charge in [-0.25, -0.2) is 0 Å². The molecule has 1 fully saturated rings. The molecular weight excluding hydrogens is 374 g/mol. The molecule has 2 aliphatic rings. The van der Waals surface area contributed by atoms with Crippen LogP contribution in [0.25, 0.3) is 0 Å². The molecule has 4 atom stereocenters. The Hall–Kier alpha value is -3.06. The van der Waals surface area contributed by atoms with Gasteiger partial charge in [0.05, 0.1) is 14.2 Å². The van der Waals surface area contributed by atoms with Crippen LogP contribution in [0.4, 0.5) is 0 Å². The summed E-state index contributed by atoms with van der Waals surface area (Å²) in [6.07, 6.45) is 3.12. The van der Waals surface area contributed by atoms with E-state index in [4.69, 9.17) is 14.2 Å². The Morgan fingerprint density at radius 2 is 1.66 bits per heavy atom. The first-order valence-electron chi connectivity index (χ1n) is 9.28. The molecule has 29 heavy (non-hydrogen) atoms. The lowest BCUT2D eigenvalue weighted by atomic mass is 9.61. The zero-order chi connectivity index (χ0) is 20.8. The van der Waals surface area contributed by atoms with Gasteiger partial charge >= 0.3 is 11.9 Å². The van der Waals surface area contributed by atoms with Crippen LogP contribution < -0.4 is 0 Å². The number of rotatable bonds is 5. The second-order valence-electron chi connectivity index (χ2n) is 7.39. The van der Waals surface area contributed by atoms with Gasteiger partial charge in [-0.15, -0.1) is 0 Å². The summed E-state index contributed by atoms with van der Waals surface area (Å²) in [4.78, 5) is 42.5. The molecule has 1 saturated heterocycles. The van der Waals surface area contributed by atoms with E-state index in [1.165, 1.54) is 21.1 Å². The number of methoxy groups -OCH3 is 2. The second-order valence-corrected chi connectivity index (χ2v) is 7.39. The highest BCUT2D eigenvalue weighted by Crippen LogP contribution is 2.67. The number of carbonyl (C=O) groups excluding carboxylic acids is 3. The van der Waals surface area contributed by atoms with Crippen LogP contribution >= 0.6 is 0 Å². The molecule has 1 aromatic carbocycles. The van der Waals surface area contributed by atoms with Crippen LogP contribution in [0, 0.1) is 11.8 Å². The minimum absolute atomic E-state index is 0.0897. The number of ketones is 1. The summed E-state index contributed by atoms with van der Waals surface area (Å²) in [6, 6.07) is 11.0. The monoisotopic (exact) mass is 395 g/mol. The summed E-state index contributed by atoms with van der Waals surface area (Å²) in [6.45, 7) is 1.43. The molecule has 0 saturated carbocycles. The smallest absolute Gasteiger partial charge is 0.313 e. The molecule has 0 spiro atoms.